The maximum Gasteiger partial charge on any atom is 0.261 e. The molecule has 3 rings (SSSR count). The summed E-state index contributed by atoms with van der Waals surface area (Å²) < 4.78 is 5.95. The first-order valence-electron chi connectivity index (χ1n) is 12.1. The Morgan fingerprint density at radius 2 is 1.61 bits per heavy atom. The summed E-state index contributed by atoms with van der Waals surface area (Å²) in [7, 11) is 0. The Morgan fingerprint density at radius 3 is 2.28 bits per heavy atom. The molecule has 3 aromatic rings. The topological polar surface area (TPSA) is 58.6 Å². The molecule has 0 aliphatic rings. The van der Waals surface area contributed by atoms with Gasteiger partial charge in [-0.2, -0.15) is 0 Å². The molecule has 0 saturated heterocycles. The standard InChI is InChI=1S/C30H35ClN2O3/c1-21-12-11-17-27(22(21)2)36-20-28(34)33(19-24-15-9-10-16-25(24)31)26(29(35)32-30(3,4)5)18-23-13-7-6-8-14-23/h6-17,26H,18-20H2,1-5H3,(H,32,35)/t26-/m0/s1. The van der Waals surface area contributed by atoms with Crippen LogP contribution >= 0.6 is 11.6 Å². The highest BCUT2D eigenvalue weighted by Gasteiger charge is 2.32. The van der Waals surface area contributed by atoms with Crippen LogP contribution in [0.4, 0.5) is 0 Å². The number of benzene rings is 3. The van der Waals surface area contributed by atoms with E-state index in [4.69, 9.17) is 16.3 Å². The summed E-state index contributed by atoms with van der Waals surface area (Å²) in [5.74, 6) is 0.138. The molecule has 0 heterocycles. The lowest BCUT2D eigenvalue weighted by Crippen LogP contribution is -2.55. The van der Waals surface area contributed by atoms with Gasteiger partial charge in [-0.1, -0.05) is 72.3 Å². The van der Waals surface area contributed by atoms with Crippen molar-refractivity contribution in [3.63, 3.8) is 0 Å². The summed E-state index contributed by atoms with van der Waals surface area (Å²) in [6.07, 6.45) is 0.364. The Balaban J connectivity index is 1.96. The zero-order chi connectivity index (χ0) is 26.3. The van der Waals surface area contributed by atoms with E-state index in [0.29, 0.717) is 17.2 Å². The molecule has 3 aromatic carbocycles. The van der Waals surface area contributed by atoms with Crippen LogP contribution in [0.1, 0.15) is 43.0 Å². The highest BCUT2D eigenvalue weighted by atomic mass is 35.5. The van der Waals surface area contributed by atoms with Crippen molar-refractivity contribution in [1.82, 2.24) is 10.2 Å². The number of hydrogen-bond acceptors (Lipinski definition) is 3. The minimum Gasteiger partial charge on any atom is -0.483 e. The van der Waals surface area contributed by atoms with Crippen molar-refractivity contribution < 1.29 is 14.3 Å². The van der Waals surface area contributed by atoms with E-state index in [2.05, 4.69) is 5.32 Å². The Labute approximate surface area is 219 Å². The van der Waals surface area contributed by atoms with Crippen LogP contribution < -0.4 is 10.1 Å². The van der Waals surface area contributed by atoms with Crippen LogP contribution in [0, 0.1) is 13.8 Å². The Hall–Kier alpha value is -3.31. The third-order valence-electron chi connectivity index (χ3n) is 5.97. The molecule has 5 nitrogen and oxygen atoms in total. The van der Waals surface area contributed by atoms with Gasteiger partial charge in [0.1, 0.15) is 11.8 Å². The summed E-state index contributed by atoms with van der Waals surface area (Å²) >= 11 is 6.47. The highest BCUT2D eigenvalue weighted by molar-refractivity contribution is 6.31. The fourth-order valence-corrected chi connectivity index (χ4v) is 4.12. The minimum absolute atomic E-state index is 0.184. The van der Waals surface area contributed by atoms with E-state index >= 15 is 0 Å². The number of ether oxygens (including phenoxy) is 1. The minimum atomic E-state index is -0.752. The summed E-state index contributed by atoms with van der Waals surface area (Å²) in [5.41, 5.74) is 3.33. The molecule has 0 aliphatic carbocycles. The van der Waals surface area contributed by atoms with Gasteiger partial charge in [0.15, 0.2) is 6.61 Å². The zero-order valence-corrected chi connectivity index (χ0v) is 22.4. The first kappa shape index (κ1) is 27.3. The molecule has 1 atom stereocenters. The van der Waals surface area contributed by atoms with Crippen molar-refractivity contribution in [3.8, 4) is 5.75 Å². The van der Waals surface area contributed by atoms with E-state index in [0.717, 1.165) is 22.3 Å². The third-order valence-corrected chi connectivity index (χ3v) is 6.34. The number of aryl methyl sites for hydroxylation is 1. The van der Waals surface area contributed by atoms with Crippen LogP contribution in [-0.2, 0) is 22.6 Å². The molecule has 0 spiro atoms. The van der Waals surface area contributed by atoms with Crippen LogP contribution in [0.3, 0.4) is 0 Å². The number of amides is 2. The van der Waals surface area contributed by atoms with E-state index in [1.54, 1.807) is 11.0 Å². The van der Waals surface area contributed by atoms with Crippen molar-refractivity contribution in [2.24, 2.45) is 0 Å². The van der Waals surface area contributed by atoms with Crippen molar-refractivity contribution in [2.45, 2.75) is 59.2 Å². The van der Waals surface area contributed by atoms with Gasteiger partial charge in [0.25, 0.3) is 5.91 Å². The lowest BCUT2D eigenvalue weighted by Gasteiger charge is -2.34. The van der Waals surface area contributed by atoms with Crippen LogP contribution in [0.5, 0.6) is 5.75 Å². The molecule has 1 N–H and O–H groups in total. The van der Waals surface area contributed by atoms with Crippen molar-refractivity contribution in [2.75, 3.05) is 6.61 Å². The number of halogens is 1. The van der Waals surface area contributed by atoms with Crippen molar-refractivity contribution in [3.05, 3.63) is 100 Å². The van der Waals surface area contributed by atoms with E-state index in [1.807, 2.05) is 101 Å². The Kier molecular flexibility index (Phi) is 9.16. The second kappa shape index (κ2) is 12.1. The summed E-state index contributed by atoms with van der Waals surface area (Å²) in [6, 6.07) is 22.1. The number of carbonyl (C=O) groups excluding carboxylic acids is 2. The van der Waals surface area contributed by atoms with Gasteiger partial charge in [0, 0.05) is 23.5 Å². The Morgan fingerprint density at radius 1 is 0.944 bits per heavy atom. The Bertz CT molecular complexity index is 1190. The largest absolute Gasteiger partial charge is 0.483 e. The predicted molar refractivity (Wildman–Crippen MR) is 145 cm³/mol. The fourth-order valence-electron chi connectivity index (χ4n) is 3.92. The first-order chi connectivity index (χ1) is 17.0. The maximum atomic E-state index is 13.7. The number of hydrogen-bond donors (Lipinski definition) is 1. The molecule has 0 saturated carbocycles. The normalized spacial score (nSPS) is 12.1. The smallest absolute Gasteiger partial charge is 0.261 e. The van der Waals surface area contributed by atoms with Gasteiger partial charge in [-0.3, -0.25) is 9.59 Å². The summed E-state index contributed by atoms with van der Waals surface area (Å²) in [6.45, 7) is 9.73. The molecule has 0 radical (unpaired) electrons. The number of carbonyl (C=O) groups is 2. The summed E-state index contributed by atoms with van der Waals surface area (Å²) in [4.78, 5) is 28.9. The fraction of sp³-hybridized carbons (Fsp3) is 0.333. The van der Waals surface area contributed by atoms with Gasteiger partial charge < -0.3 is 15.0 Å². The SMILES string of the molecule is Cc1cccc(OCC(=O)N(Cc2ccccc2Cl)[C@@H](Cc2ccccc2)C(=O)NC(C)(C)C)c1C. The van der Waals surface area contributed by atoms with E-state index in [9.17, 15) is 9.59 Å². The molecule has 0 aromatic heterocycles. The molecule has 190 valence electrons. The van der Waals surface area contributed by atoms with Gasteiger partial charge in [-0.05, 0) is 69.0 Å². The second-order valence-corrected chi connectivity index (χ2v) is 10.5. The molecule has 0 bridgehead atoms. The van der Waals surface area contributed by atoms with Gasteiger partial charge in [0.2, 0.25) is 5.91 Å². The number of rotatable bonds is 9. The molecule has 36 heavy (non-hydrogen) atoms. The van der Waals surface area contributed by atoms with E-state index < -0.39 is 11.6 Å². The third kappa shape index (κ3) is 7.59. The molecular formula is C30H35ClN2O3. The zero-order valence-electron chi connectivity index (χ0n) is 21.7. The van der Waals surface area contributed by atoms with E-state index in [-0.39, 0.29) is 25.0 Å². The van der Waals surface area contributed by atoms with E-state index in [1.165, 1.54) is 0 Å². The van der Waals surface area contributed by atoms with Gasteiger partial charge in [-0.15, -0.1) is 0 Å². The molecule has 6 heteroatoms. The van der Waals surface area contributed by atoms with Gasteiger partial charge in [-0.25, -0.2) is 0 Å². The lowest BCUT2D eigenvalue weighted by molar-refractivity contribution is -0.143. The average Bonchev–Trinajstić information content (AvgIpc) is 2.82. The number of nitrogens with zero attached hydrogens (tertiary/aromatic N) is 1. The maximum absolute atomic E-state index is 13.7. The second-order valence-electron chi connectivity index (χ2n) is 10.0. The van der Waals surface area contributed by atoms with Crippen LogP contribution in [-0.4, -0.2) is 34.9 Å². The van der Waals surface area contributed by atoms with Crippen LogP contribution in [0.25, 0.3) is 0 Å². The highest BCUT2D eigenvalue weighted by Crippen LogP contribution is 2.23. The van der Waals surface area contributed by atoms with Crippen LogP contribution in [0.15, 0.2) is 72.8 Å². The van der Waals surface area contributed by atoms with Gasteiger partial charge in [0.05, 0.1) is 0 Å². The molecule has 0 unspecified atom stereocenters. The monoisotopic (exact) mass is 506 g/mol. The van der Waals surface area contributed by atoms with Gasteiger partial charge >= 0.3 is 0 Å². The quantitative estimate of drug-likeness (QED) is 0.393. The lowest BCUT2D eigenvalue weighted by atomic mass is 10.0. The average molecular weight is 507 g/mol. The predicted octanol–water partition coefficient (Wildman–Crippen LogP) is 5.89. The molecule has 0 aliphatic heterocycles. The first-order valence-corrected chi connectivity index (χ1v) is 12.5. The van der Waals surface area contributed by atoms with Crippen molar-refractivity contribution in [1.29, 1.82) is 0 Å². The van der Waals surface area contributed by atoms with Crippen LogP contribution in [0.2, 0.25) is 5.02 Å². The van der Waals surface area contributed by atoms with Crippen molar-refractivity contribution >= 4 is 23.4 Å². The summed E-state index contributed by atoms with van der Waals surface area (Å²) in [5, 5.41) is 3.60. The molecule has 0 fully saturated rings. The number of nitrogens with one attached hydrogen (secondary N) is 1. The molecular weight excluding hydrogens is 472 g/mol. The molecule has 2 amide bonds.